The van der Waals surface area contributed by atoms with Gasteiger partial charge in [0.05, 0.1) is 5.56 Å². The van der Waals surface area contributed by atoms with Crippen LogP contribution in [-0.4, -0.2) is 37.0 Å². The van der Waals surface area contributed by atoms with E-state index < -0.39 is 17.5 Å². The average Bonchev–Trinajstić information content (AvgIpc) is 2.34. The Hall–Kier alpha value is -1.01. The predicted molar refractivity (Wildman–Crippen MR) is 62.8 cm³/mol. The minimum absolute atomic E-state index is 0.223. The Labute approximate surface area is 106 Å². The fraction of sp³-hybridized carbons (Fsp3) is 0.364. The quantitative estimate of drug-likeness (QED) is 0.802. The van der Waals surface area contributed by atoms with Gasteiger partial charge in [0.15, 0.2) is 11.6 Å². The number of piperazine rings is 1. The van der Waals surface area contributed by atoms with E-state index in [1.54, 1.807) is 0 Å². The Balaban J connectivity index is 2.29. The lowest BCUT2D eigenvalue weighted by Crippen LogP contribution is -2.46. The maximum absolute atomic E-state index is 13.5. The molecule has 0 unspecified atom stereocenters. The summed E-state index contributed by atoms with van der Waals surface area (Å²) >= 11 is 3.05. The van der Waals surface area contributed by atoms with Gasteiger partial charge < -0.3 is 10.2 Å². The fourth-order valence-electron chi connectivity index (χ4n) is 1.75. The van der Waals surface area contributed by atoms with Crippen molar-refractivity contribution < 1.29 is 13.6 Å². The van der Waals surface area contributed by atoms with Crippen LogP contribution in [0.15, 0.2) is 16.6 Å². The maximum atomic E-state index is 13.5. The second kappa shape index (κ2) is 5.10. The van der Waals surface area contributed by atoms with E-state index in [9.17, 15) is 13.6 Å². The Morgan fingerprint density at radius 3 is 2.59 bits per heavy atom. The lowest BCUT2D eigenvalue weighted by Gasteiger charge is -2.27. The molecule has 0 aliphatic carbocycles. The second-order valence-electron chi connectivity index (χ2n) is 3.79. The zero-order valence-electron chi connectivity index (χ0n) is 8.97. The molecule has 3 nitrogen and oxygen atoms in total. The molecule has 1 fully saturated rings. The minimum Gasteiger partial charge on any atom is -0.336 e. The summed E-state index contributed by atoms with van der Waals surface area (Å²) in [5.74, 6) is -2.57. The normalized spacial score (nSPS) is 16.1. The lowest BCUT2D eigenvalue weighted by atomic mass is 10.1. The molecule has 0 bridgehead atoms. The largest absolute Gasteiger partial charge is 0.336 e. The summed E-state index contributed by atoms with van der Waals surface area (Å²) < 4.78 is 27.1. The molecule has 0 aromatic heterocycles. The third kappa shape index (κ3) is 2.63. The SMILES string of the molecule is O=C(c1cc(Br)cc(F)c1F)N1CCNCC1. The summed E-state index contributed by atoms with van der Waals surface area (Å²) in [7, 11) is 0. The first-order chi connectivity index (χ1) is 8.09. The summed E-state index contributed by atoms with van der Waals surface area (Å²) in [4.78, 5) is 13.5. The highest BCUT2D eigenvalue weighted by atomic mass is 79.9. The van der Waals surface area contributed by atoms with Crippen molar-refractivity contribution in [3.8, 4) is 0 Å². The molecule has 1 N–H and O–H groups in total. The van der Waals surface area contributed by atoms with Gasteiger partial charge in [0, 0.05) is 30.7 Å². The van der Waals surface area contributed by atoms with Crippen LogP contribution in [0.25, 0.3) is 0 Å². The molecule has 0 saturated carbocycles. The van der Waals surface area contributed by atoms with Crippen molar-refractivity contribution in [2.45, 2.75) is 0 Å². The van der Waals surface area contributed by atoms with Crippen molar-refractivity contribution in [3.63, 3.8) is 0 Å². The second-order valence-corrected chi connectivity index (χ2v) is 4.71. The maximum Gasteiger partial charge on any atom is 0.257 e. The first-order valence-corrected chi connectivity index (χ1v) is 6.03. The van der Waals surface area contributed by atoms with Gasteiger partial charge in [0.2, 0.25) is 0 Å². The molecule has 1 aromatic carbocycles. The lowest BCUT2D eigenvalue weighted by molar-refractivity contribution is 0.0730. The molecule has 1 saturated heterocycles. The van der Waals surface area contributed by atoms with Gasteiger partial charge in [-0.2, -0.15) is 0 Å². The Morgan fingerprint density at radius 2 is 1.94 bits per heavy atom. The van der Waals surface area contributed by atoms with E-state index >= 15 is 0 Å². The Kier molecular flexibility index (Phi) is 3.73. The Morgan fingerprint density at radius 1 is 1.29 bits per heavy atom. The van der Waals surface area contributed by atoms with Gasteiger partial charge in [0.1, 0.15) is 0 Å². The summed E-state index contributed by atoms with van der Waals surface area (Å²) in [6.07, 6.45) is 0. The van der Waals surface area contributed by atoms with Gasteiger partial charge in [-0.1, -0.05) is 15.9 Å². The number of amides is 1. The van der Waals surface area contributed by atoms with E-state index in [2.05, 4.69) is 21.2 Å². The van der Waals surface area contributed by atoms with Gasteiger partial charge in [-0.05, 0) is 12.1 Å². The van der Waals surface area contributed by atoms with Crippen LogP contribution in [0.1, 0.15) is 10.4 Å². The molecule has 1 aromatic rings. The Bertz CT molecular complexity index is 447. The van der Waals surface area contributed by atoms with Gasteiger partial charge >= 0.3 is 0 Å². The van der Waals surface area contributed by atoms with Crippen molar-refractivity contribution in [2.75, 3.05) is 26.2 Å². The monoisotopic (exact) mass is 304 g/mol. The number of nitrogens with one attached hydrogen (secondary N) is 1. The van der Waals surface area contributed by atoms with Gasteiger partial charge in [-0.25, -0.2) is 8.78 Å². The summed E-state index contributed by atoms with van der Waals surface area (Å²) in [5.41, 5.74) is -0.223. The molecule has 1 heterocycles. The molecule has 1 aliphatic rings. The number of carbonyl (C=O) groups excluding carboxylic acids is 1. The number of rotatable bonds is 1. The molecule has 1 amide bonds. The van der Waals surface area contributed by atoms with Gasteiger partial charge in [0.25, 0.3) is 5.91 Å². The van der Waals surface area contributed by atoms with E-state index in [1.165, 1.54) is 11.0 Å². The molecule has 0 radical (unpaired) electrons. The van der Waals surface area contributed by atoms with Crippen LogP contribution in [0.3, 0.4) is 0 Å². The van der Waals surface area contributed by atoms with Crippen LogP contribution < -0.4 is 5.32 Å². The van der Waals surface area contributed by atoms with Crippen molar-refractivity contribution in [1.82, 2.24) is 10.2 Å². The molecule has 92 valence electrons. The van der Waals surface area contributed by atoms with Crippen molar-refractivity contribution in [2.24, 2.45) is 0 Å². The summed E-state index contributed by atoms with van der Waals surface area (Å²) in [5, 5.41) is 3.09. The van der Waals surface area contributed by atoms with Gasteiger partial charge in [-0.15, -0.1) is 0 Å². The fourth-order valence-corrected chi connectivity index (χ4v) is 2.18. The smallest absolute Gasteiger partial charge is 0.257 e. The van der Waals surface area contributed by atoms with E-state index in [0.717, 1.165) is 6.07 Å². The van der Waals surface area contributed by atoms with Crippen molar-refractivity contribution in [1.29, 1.82) is 0 Å². The summed E-state index contributed by atoms with van der Waals surface area (Å²) in [6, 6.07) is 2.31. The first-order valence-electron chi connectivity index (χ1n) is 5.24. The van der Waals surface area contributed by atoms with Crippen LogP contribution in [0.4, 0.5) is 8.78 Å². The standard InChI is InChI=1S/C11H11BrF2N2O/c12-7-5-8(10(14)9(13)6-7)11(17)16-3-1-15-2-4-16/h5-6,15H,1-4H2. The van der Waals surface area contributed by atoms with Crippen LogP contribution in [0.2, 0.25) is 0 Å². The zero-order valence-corrected chi connectivity index (χ0v) is 10.6. The first kappa shape index (κ1) is 12.4. The third-order valence-electron chi connectivity index (χ3n) is 2.63. The highest BCUT2D eigenvalue weighted by Gasteiger charge is 2.23. The number of hydrogen-bond donors (Lipinski definition) is 1. The molecular weight excluding hydrogens is 294 g/mol. The number of nitrogens with zero attached hydrogens (tertiary/aromatic N) is 1. The van der Waals surface area contributed by atoms with E-state index in [1.807, 2.05) is 0 Å². The molecule has 6 heteroatoms. The molecule has 17 heavy (non-hydrogen) atoms. The van der Waals surface area contributed by atoms with Gasteiger partial charge in [-0.3, -0.25) is 4.79 Å². The topological polar surface area (TPSA) is 32.3 Å². The van der Waals surface area contributed by atoms with E-state index in [0.29, 0.717) is 30.7 Å². The highest BCUT2D eigenvalue weighted by Crippen LogP contribution is 2.20. The van der Waals surface area contributed by atoms with Crippen LogP contribution in [-0.2, 0) is 0 Å². The predicted octanol–water partition coefficient (Wildman–Crippen LogP) is 1.77. The van der Waals surface area contributed by atoms with Crippen LogP contribution >= 0.6 is 15.9 Å². The number of benzene rings is 1. The zero-order chi connectivity index (χ0) is 12.4. The number of hydrogen-bond acceptors (Lipinski definition) is 2. The van der Waals surface area contributed by atoms with Crippen LogP contribution in [0, 0.1) is 11.6 Å². The molecular formula is C11H11BrF2N2O. The average molecular weight is 305 g/mol. The van der Waals surface area contributed by atoms with E-state index in [-0.39, 0.29) is 5.56 Å². The molecule has 0 spiro atoms. The number of halogens is 3. The molecule has 2 rings (SSSR count). The van der Waals surface area contributed by atoms with Crippen molar-refractivity contribution >= 4 is 21.8 Å². The highest BCUT2D eigenvalue weighted by molar-refractivity contribution is 9.10. The van der Waals surface area contributed by atoms with Crippen LogP contribution in [0.5, 0.6) is 0 Å². The molecule has 0 atom stereocenters. The van der Waals surface area contributed by atoms with Crippen molar-refractivity contribution in [3.05, 3.63) is 33.8 Å². The molecule has 1 aliphatic heterocycles. The number of carbonyl (C=O) groups is 1. The minimum atomic E-state index is -1.09. The third-order valence-corrected chi connectivity index (χ3v) is 3.09. The van der Waals surface area contributed by atoms with E-state index in [4.69, 9.17) is 0 Å². The summed E-state index contributed by atoms with van der Waals surface area (Å²) in [6.45, 7) is 2.35.